The highest BCUT2D eigenvalue weighted by atomic mass is 32.2. The highest BCUT2D eigenvalue weighted by molar-refractivity contribution is 7.91. The highest BCUT2D eigenvalue weighted by Crippen LogP contribution is 2.31. The summed E-state index contributed by atoms with van der Waals surface area (Å²) in [5.74, 6) is -1.33. The fourth-order valence-electron chi connectivity index (χ4n) is 3.31. The molecule has 1 saturated heterocycles. The molecule has 2 atom stereocenters. The topological polar surface area (TPSA) is 125 Å². The minimum atomic E-state index is -4.52. The molecule has 0 radical (unpaired) electrons. The van der Waals surface area contributed by atoms with Gasteiger partial charge in [0.1, 0.15) is 24.2 Å². The Kier molecular flexibility index (Phi) is 7.08. The van der Waals surface area contributed by atoms with Gasteiger partial charge in [0, 0.05) is 19.4 Å². The van der Waals surface area contributed by atoms with E-state index in [1.807, 2.05) is 0 Å². The van der Waals surface area contributed by atoms with Gasteiger partial charge < -0.3 is 15.2 Å². The summed E-state index contributed by atoms with van der Waals surface area (Å²) < 4.78 is 66.6. The Morgan fingerprint density at radius 3 is 2.75 bits per heavy atom. The van der Waals surface area contributed by atoms with Gasteiger partial charge in [0.15, 0.2) is 9.84 Å². The maximum absolute atomic E-state index is 12.7. The first kappa shape index (κ1) is 24.0. The van der Waals surface area contributed by atoms with E-state index in [9.17, 15) is 36.3 Å². The summed E-state index contributed by atoms with van der Waals surface area (Å²) in [5.41, 5.74) is -0.859. The predicted octanol–water partition coefficient (Wildman–Crippen LogP) is 0.727. The number of benzene rings is 1. The second-order valence-corrected chi connectivity index (χ2v) is 9.77. The number of hydrazone groups is 1. The molecule has 32 heavy (non-hydrogen) atoms. The number of aliphatic hydroxyl groups is 1. The Morgan fingerprint density at radius 1 is 1.34 bits per heavy atom. The molecule has 13 heteroatoms. The van der Waals surface area contributed by atoms with Gasteiger partial charge in [-0.05, 0) is 24.6 Å². The number of hydrogen-bond acceptors (Lipinski definition) is 7. The van der Waals surface area contributed by atoms with Gasteiger partial charge in [-0.2, -0.15) is 18.3 Å². The number of ether oxygens (including phenoxy) is 1. The lowest BCUT2D eigenvalue weighted by Crippen LogP contribution is -2.45. The molecule has 3 rings (SSSR count). The zero-order chi connectivity index (χ0) is 23.5. The second kappa shape index (κ2) is 9.45. The monoisotopic (exact) mass is 477 g/mol. The third kappa shape index (κ3) is 6.19. The van der Waals surface area contributed by atoms with Gasteiger partial charge in [0.05, 0.1) is 23.1 Å². The van der Waals surface area contributed by atoms with Crippen LogP contribution in [0.2, 0.25) is 0 Å². The van der Waals surface area contributed by atoms with E-state index in [2.05, 4.69) is 10.4 Å². The van der Waals surface area contributed by atoms with Crippen molar-refractivity contribution in [1.82, 2.24) is 10.3 Å². The number of alkyl halides is 3. The van der Waals surface area contributed by atoms with Gasteiger partial charge >= 0.3 is 6.18 Å². The van der Waals surface area contributed by atoms with Gasteiger partial charge in [-0.1, -0.05) is 6.07 Å². The van der Waals surface area contributed by atoms with E-state index in [1.54, 1.807) is 0 Å². The molecule has 0 aromatic heterocycles. The van der Waals surface area contributed by atoms with E-state index < -0.39 is 39.6 Å². The standard InChI is InChI=1S/C19H22F3N3O6S/c20-19(21,22)12-2-1-3-15(8-12)31-10-14(26)9-23-18(28)16-4-5-17(27)25(24-16)13-6-7-32(29,30)11-13/h1-3,8,13-14,26H,4-7,9-11H2,(H,23,28). The quantitative estimate of drug-likeness (QED) is 0.597. The Balaban J connectivity index is 1.51. The van der Waals surface area contributed by atoms with Crippen molar-refractivity contribution in [2.75, 3.05) is 24.7 Å². The van der Waals surface area contributed by atoms with E-state index >= 15 is 0 Å². The maximum atomic E-state index is 12.7. The number of aliphatic hydroxyl groups excluding tert-OH is 1. The number of amides is 2. The molecule has 2 N–H and O–H groups in total. The summed E-state index contributed by atoms with van der Waals surface area (Å²) in [7, 11) is -3.24. The first-order valence-electron chi connectivity index (χ1n) is 9.81. The molecular weight excluding hydrogens is 455 g/mol. The van der Waals surface area contributed by atoms with Crippen LogP contribution in [0.5, 0.6) is 5.75 Å². The van der Waals surface area contributed by atoms with Gasteiger partial charge in [0.2, 0.25) is 5.91 Å². The predicted molar refractivity (Wildman–Crippen MR) is 107 cm³/mol. The molecule has 0 bridgehead atoms. The minimum absolute atomic E-state index is 0.00398. The number of rotatable bonds is 7. The smallest absolute Gasteiger partial charge is 0.416 e. The largest absolute Gasteiger partial charge is 0.491 e. The highest BCUT2D eigenvalue weighted by Gasteiger charge is 2.37. The van der Waals surface area contributed by atoms with Crippen LogP contribution in [-0.2, 0) is 25.6 Å². The molecular formula is C19H22F3N3O6S. The molecule has 2 aliphatic heterocycles. The summed E-state index contributed by atoms with van der Waals surface area (Å²) in [5, 5.41) is 17.5. The second-order valence-electron chi connectivity index (χ2n) is 7.54. The minimum Gasteiger partial charge on any atom is -0.491 e. The molecule has 176 valence electrons. The van der Waals surface area contributed by atoms with Gasteiger partial charge in [-0.3, -0.25) is 9.59 Å². The molecule has 1 aromatic rings. The fourth-order valence-corrected chi connectivity index (χ4v) is 5.01. The first-order chi connectivity index (χ1) is 14.9. The van der Waals surface area contributed by atoms with Crippen LogP contribution in [0.4, 0.5) is 13.2 Å². The average molecular weight is 477 g/mol. The SMILES string of the molecule is O=C(NCC(O)COc1cccc(C(F)(F)F)c1)C1=NN(C2CCS(=O)(=O)C2)C(=O)CC1. The van der Waals surface area contributed by atoms with E-state index in [-0.39, 0.29) is 61.3 Å². The van der Waals surface area contributed by atoms with Crippen LogP contribution in [0.15, 0.2) is 29.4 Å². The van der Waals surface area contributed by atoms with E-state index in [0.29, 0.717) is 0 Å². The Labute approximate surface area is 182 Å². The van der Waals surface area contributed by atoms with Gasteiger partial charge in [0.25, 0.3) is 5.91 Å². The Bertz CT molecular complexity index is 1010. The lowest BCUT2D eigenvalue weighted by atomic mass is 10.1. The lowest BCUT2D eigenvalue weighted by molar-refractivity contribution is -0.137. The Morgan fingerprint density at radius 2 is 2.09 bits per heavy atom. The lowest BCUT2D eigenvalue weighted by Gasteiger charge is -2.27. The molecule has 2 heterocycles. The van der Waals surface area contributed by atoms with Crippen LogP contribution < -0.4 is 10.1 Å². The van der Waals surface area contributed by atoms with E-state index in [0.717, 1.165) is 17.1 Å². The number of halogens is 3. The molecule has 9 nitrogen and oxygen atoms in total. The zero-order valence-corrected chi connectivity index (χ0v) is 17.7. The van der Waals surface area contributed by atoms with Crippen molar-refractivity contribution in [3.05, 3.63) is 29.8 Å². The number of nitrogens with zero attached hydrogens (tertiary/aromatic N) is 2. The number of carbonyl (C=O) groups excluding carboxylic acids is 2. The van der Waals surface area contributed by atoms with Crippen LogP contribution in [0.25, 0.3) is 0 Å². The zero-order valence-electron chi connectivity index (χ0n) is 16.8. The third-order valence-corrected chi connectivity index (χ3v) is 6.73. The first-order valence-corrected chi connectivity index (χ1v) is 11.6. The molecule has 2 amide bonds. The number of nitrogens with one attached hydrogen (secondary N) is 1. The van der Waals surface area contributed by atoms with Crippen LogP contribution in [-0.4, -0.2) is 72.9 Å². The fraction of sp³-hybridized carbons (Fsp3) is 0.526. The average Bonchev–Trinajstić information content (AvgIpc) is 3.10. The molecule has 1 aromatic carbocycles. The van der Waals surface area contributed by atoms with Crippen molar-refractivity contribution in [3.63, 3.8) is 0 Å². The third-order valence-electron chi connectivity index (χ3n) is 4.98. The summed E-state index contributed by atoms with van der Waals surface area (Å²) in [6, 6.07) is 3.57. The normalized spacial score (nSPS) is 21.8. The van der Waals surface area contributed by atoms with Crippen LogP contribution >= 0.6 is 0 Å². The number of sulfone groups is 1. The van der Waals surface area contributed by atoms with Crippen molar-refractivity contribution < 1.29 is 41.0 Å². The molecule has 2 aliphatic rings. The molecule has 0 spiro atoms. The van der Waals surface area contributed by atoms with Crippen molar-refractivity contribution in [3.8, 4) is 5.75 Å². The summed E-state index contributed by atoms with van der Waals surface area (Å²) in [6.07, 6.45) is -5.42. The van der Waals surface area contributed by atoms with Crippen LogP contribution in [0.3, 0.4) is 0 Å². The summed E-state index contributed by atoms with van der Waals surface area (Å²) >= 11 is 0. The Hall–Kier alpha value is -2.67. The number of hydrogen-bond donors (Lipinski definition) is 2. The van der Waals surface area contributed by atoms with Crippen molar-refractivity contribution in [2.24, 2.45) is 5.10 Å². The van der Waals surface area contributed by atoms with Gasteiger partial charge in [-0.25, -0.2) is 13.4 Å². The maximum Gasteiger partial charge on any atom is 0.416 e. The van der Waals surface area contributed by atoms with E-state index in [1.165, 1.54) is 12.1 Å². The summed E-state index contributed by atoms with van der Waals surface area (Å²) in [4.78, 5) is 24.4. The molecule has 0 aliphatic carbocycles. The molecule has 1 fully saturated rings. The van der Waals surface area contributed by atoms with Crippen LogP contribution in [0.1, 0.15) is 24.8 Å². The van der Waals surface area contributed by atoms with E-state index in [4.69, 9.17) is 4.74 Å². The van der Waals surface area contributed by atoms with Crippen molar-refractivity contribution in [2.45, 2.75) is 37.6 Å². The molecule has 2 unspecified atom stereocenters. The number of carbonyl (C=O) groups is 2. The van der Waals surface area contributed by atoms with Crippen LogP contribution in [0, 0.1) is 0 Å². The van der Waals surface area contributed by atoms with Crippen molar-refractivity contribution >= 4 is 27.4 Å². The van der Waals surface area contributed by atoms with Crippen molar-refractivity contribution in [1.29, 1.82) is 0 Å². The van der Waals surface area contributed by atoms with Gasteiger partial charge in [-0.15, -0.1) is 0 Å². The molecule has 0 saturated carbocycles. The summed E-state index contributed by atoms with van der Waals surface area (Å²) in [6.45, 7) is -0.624.